The molecule has 0 bridgehead atoms. The van der Waals surface area contributed by atoms with E-state index in [1.54, 1.807) is 12.1 Å². The first-order chi connectivity index (χ1) is 13.6. The molecule has 0 saturated carbocycles. The standard InChI is InChI=1S/C20H15N5O3/c26-20(22-15-9-11-16(12-10-15)25(27)28)21-14-7-5-13(6-8-14)19-23-17-3-1-2-4-18(17)24-19/h1-12H,(H,23,24)(H2,21,22,26). The summed E-state index contributed by atoms with van der Waals surface area (Å²) in [6.45, 7) is 0. The molecule has 0 spiro atoms. The topological polar surface area (TPSA) is 113 Å². The van der Waals surface area contributed by atoms with Crippen LogP contribution in [0.3, 0.4) is 0 Å². The predicted molar refractivity (Wildman–Crippen MR) is 107 cm³/mol. The van der Waals surface area contributed by atoms with Crippen molar-refractivity contribution in [1.29, 1.82) is 0 Å². The minimum Gasteiger partial charge on any atom is -0.338 e. The zero-order chi connectivity index (χ0) is 19.5. The molecule has 0 atom stereocenters. The summed E-state index contributed by atoms with van der Waals surface area (Å²) >= 11 is 0. The second kappa shape index (κ2) is 7.20. The number of rotatable bonds is 4. The second-order valence-electron chi connectivity index (χ2n) is 6.06. The molecule has 0 aliphatic carbocycles. The Morgan fingerprint density at radius 2 is 1.50 bits per heavy atom. The summed E-state index contributed by atoms with van der Waals surface area (Å²) in [6, 6.07) is 20.2. The number of carbonyl (C=O) groups excluding carboxylic acids is 1. The summed E-state index contributed by atoms with van der Waals surface area (Å²) in [5.41, 5.74) is 3.79. The number of amides is 2. The Hall–Kier alpha value is -4.20. The molecule has 1 heterocycles. The number of nitrogens with one attached hydrogen (secondary N) is 3. The molecule has 0 aliphatic heterocycles. The molecule has 138 valence electrons. The van der Waals surface area contributed by atoms with Gasteiger partial charge in [0.15, 0.2) is 0 Å². The largest absolute Gasteiger partial charge is 0.338 e. The maximum atomic E-state index is 12.1. The number of urea groups is 1. The van der Waals surface area contributed by atoms with E-state index in [0.717, 1.165) is 22.4 Å². The molecule has 0 saturated heterocycles. The molecule has 8 nitrogen and oxygen atoms in total. The number of fused-ring (bicyclic) bond motifs is 1. The number of nitro benzene ring substituents is 1. The molecule has 1 aromatic heterocycles. The van der Waals surface area contributed by atoms with Crippen LogP contribution in [0.5, 0.6) is 0 Å². The third kappa shape index (κ3) is 3.65. The first-order valence-electron chi connectivity index (χ1n) is 8.46. The number of aromatic nitrogens is 2. The van der Waals surface area contributed by atoms with E-state index in [-0.39, 0.29) is 5.69 Å². The number of non-ortho nitro benzene ring substituents is 1. The molecule has 0 radical (unpaired) electrons. The van der Waals surface area contributed by atoms with Gasteiger partial charge in [-0.2, -0.15) is 0 Å². The Labute approximate surface area is 159 Å². The van der Waals surface area contributed by atoms with E-state index in [4.69, 9.17) is 0 Å². The Morgan fingerprint density at radius 3 is 2.11 bits per heavy atom. The zero-order valence-electron chi connectivity index (χ0n) is 14.5. The summed E-state index contributed by atoms with van der Waals surface area (Å²) in [5.74, 6) is 0.753. The molecule has 0 fully saturated rings. The Morgan fingerprint density at radius 1 is 0.893 bits per heavy atom. The van der Waals surface area contributed by atoms with Crippen LogP contribution in [-0.4, -0.2) is 20.9 Å². The average molecular weight is 373 g/mol. The number of H-pyrrole nitrogens is 1. The molecule has 28 heavy (non-hydrogen) atoms. The van der Waals surface area contributed by atoms with Gasteiger partial charge in [-0.05, 0) is 48.5 Å². The second-order valence-corrected chi connectivity index (χ2v) is 6.06. The summed E-state index contributed by atoms with van der Waals surface area (Å²) in [4.78, 5) is 30.1. The lowest BCUT2D eigenvalue weighted by molar-refractivity contribution is -0.384. The van der Waals surface area contributed by atoms with Crippen molar-refractivity contribution < 1.29 is 9.72 Å². The van der Waals surface area contributed by atoms with Crippen LogP contribution in [-0.2, 0) is 0 Å². The number of nitrogens with zero attached hydrogens (tertiary/aromatic N) is 2. The monoisotopic (exact) mass is 373 g/mol. The minimum atomic E-state index is -0.493. The third-order valence-corrected chi connectivity index (χ3v) is 4.14. The van der Waals surface area contributed by atoms with E-state index in [1.807, 2.05) is 36.4 Å². The number of anilines is 2. The molecular formula is C20H15N5O3. The maximum absolute atomic E-state index is 12.1. The number of carbonyl (C=O) groups is 1. The molecular weight excluding hydrogens is 358 g/mol. The van der Waals surface area contributed by atoms with Gasteiger partial charge in [-0.3, -0.25) is 10.1 Å². The van der Waals surface area contributed by atoms with Crippen LogP contribution >= 0.6 is 0 Å². The van der Waals surface area contributed by atoms with Crippen LogP contribution < -0.4 is 10.6 Å². The highest BCUT2D eigenvalue weighted by Crippen LogP contribution is 2.22. The van der Waals surface area contributed by atoms with Crippen LogP contribution in [0.2, 0.25) is 0 Å². The van der Waals surface area contributed by atoms with Crippen LogP contribution in [0.25, 0.3) is 22.4 Å². The minimum absolute atomic E-state index is 0.0351. The lowest BCUT2D eigenvalue weighted by atomic mass is 10.2. The van der Waals surface area contributed by atoms with Gasteiger partial charge in [-0.1, -0.05) is 12.1 Å². The van der Waals surface area contributed by atoms with Gasteiger partial charge in [0.2, 0.25) is 0 Å². The first-order valence-corrected chi connectivity index (χ1v) is 8.46. The van der Waals surface area contributed by atoms with Gasteiger partial charge >= 0.3 is 6.03 Å². The number of hydrogen-bond acceptors (Lipinski definition) is 4. The van der Waals surface area contributed by atoms with E-state index < -0.39 is 11.0 Å². The van der Waals surface area contributed by atoms with E-state index in [0.29, 0.717) is 11.4 Å². The summed E-state index contributed by atoms with van der Waals surface area (Å²) in [5, 5.41) is 16.0. The van der Waals surface area contributed by atoms with Crippen molar-refractivity contribution in [2.45, 2.75) is 0 Å². The average Bonchev–Trinajstić information content (AvgIpc) is 3.13. The highest BCUT2D eigenvalue weighted by atomic mass is 16.6. The lowest BCUT2D eigenvalue weighted by Gasteiger charge is -2.08. The van der Waals surface area contributed by atoms with Crippen molar-refractivity contribution in [1.82, 2.24) is 9.97 Å². The van der Waals surface area contributed by atoms with Crippen molar-refractivity contribution in [3.05, 3.63) is 82.9 Å². The zero-order valence-corrected chi connectivity index (χ0v) is 14.5. The van der Waals surface area contributed by atoms with E-state index in [2.05, 4.69) is 20.6 Å². The Balaban J connectivity index is 1.42. The number of nitro groups is 1. The highest BCUT2D eigenvalue weighted by molar-refractivity contribution is 5.99. The fourth-order valence-corrected chi connectivity index (χ4v) is 2.76. The molecule has 0 aliphatic rings. The van der Waals surface area contributed by atoms with Gasteiger partial charge in [0, 0.05) is 29.1 Å². The molecule has 2 amide bonds. The number of hydrogen-bond donors (Lipinski definition) is 3. The van der Waals surface area contributed by atoms with Gasteiger partial charge in [0.25, 0.3) is 5.69 Å². The van der Waals surface area contributed by atoms with Crippen LogP contribution in [0.15, 0.2) is 72.8 Å². The summed E-state index contributed by atoms with van der Waals surface area (Å²) < 4.78 is 0. The SMILES string of the molecule is O=C(Nc1ccc(-c2nc3ccccc3[nH]2)cc1)Nc1ccc([N+](=O)[O-])cc1. The maximum Gasteiger partial charge on any atom is 0.323 e. The van der Waals surface area contributed by atoms with Crippen LogP contribution in [0.4, 0.5) is 21.9 Å². The van der Waals surface area contributed by atoms with Crippen molar-refractivity contribution >= 4 is 34.1 Å². The highest BCUT2D eigenvalue weighted by Gasteiger charge is 2.08. The molecule has 4 aromatic rings. The third-order valence-electron chi connectivity index (χ3n) is 4.14. The van der Waals surface area contributed by atoms with E-state index in [9.17, 15) is 14.9 Å². The molecule has 8 heteroatoms. The van der Waals surface area contributed by atoms with Gasteiger partial charge in [0.1, 0.15) is 5.82 Å². The Bertz CT molecular complexity index is 1120. The quantitative estimate of drug-likeness (QED) is 0.353. The number of benzene rings is 3. The number of aromatic amines is 1. The summed E-state index contributed by atoms with van der Waals surface area (Å²) in [6.07, 6.45) is 0. The molecule has 0 unspecified atom stereocenters. The van der Waals surface area contributed by atoms with Gasteiger partial charge in [0.05, 0.1) is 16.0 Å². The van der Waals surface area contributed by atoms with Gasteiger partial charge in [-0.25, -0.2) is 9.78 Å². The van der Waals surface area contributed by atoms with Crippen molar-refractivity contribution in [2.75, 3.05) is 10.6 Å². The van der Waals surface area contributed by atoms with Crippen LogP contribution in [0, 0.1) is 10.1 Å². The molecule has 3 N–H and O–H groups in total. The van der Waals surface area contributed by atoms with Gasteiger partial charge in [-0.15, -0.1) is 0 Å². The van der Waals surface area contributed by atoms with E-state index >= 15 is 0 Å². The van der Waals surface area contributed by atoms with Crippen LogP contribution in [0.1, 0.15) is 0 Å². The molecule has 4 rings (SSSR count). The fraction of sp³-hybridized carbons (Fsp3) is 0. The lowest BCUT2D eigenvalue weighted by Crippen LogP contribution is -2.19. The van der Waals surface area contributed by atoms with Crippen molar-refractivity contribution in [3.8, 4) is 11.4 Å². The summed E-state index contributed by atoms with van der Waals surface area (Å²) in [7, 11) is 0. The van der Waals surface area contributed by atoms with Gasteiger partial charge < -0.3 is 15.6 Å². The predicted octanol–water partition coefficient (Wildman–Crippen LogP) is 4.78. The Kier molecular flexibility index (Phi) is 4.43. The number of para-hydroxylation sites is 2. The van der Waals surface area contributed by atoms with E-state index in [1.165, 1.54) is 24.3 Å². The fourth-order valence-electron chi connectivity index (χ4n) is 2.76. The van der Waals surface area contributed by atoms with Crippen molar-refractivity contribution in [2.24, 2.45) is 0 Å². The number of imidazole rings is 1. The normalized spacial score (nSPS) is 10.6. The first kappa shape index (κ1) is 17.2. The molecule has 3 aromatic carbocycles. The van der Waals surface area contributed by atoms with Crippen molar-refractivity contribution in [3.63, 3.8) is 0 Å². The smallest absolute Gasteiger partial charge is 0.323 e.